The zero-order valence-corrected chi connectivity index (χ0v) is 12.0. The van der Waals surface area contributed by atoms with Gasteiger partial charge in [0.05, 0.1) is 11.0 Å². The molecule has 2 rings (SSSR count). The molecule has 0 radical (unpaired) electrons. The van der Waals surface area contributed by atoms with Crippen molar-refractivity contribution in [3.8, 4) is 0 Å². The normalized spacial score (nSPS) is 20.9. The Morgan fingerprint density at radius 3 is 2.50 bits per heavy atom. The van der Waals surface area contributed by atoms with Crippen molar-refractivity contribution in [2.75, 3.05) is 7.11 Å². The van der Waals surface area contributed by atoms with Gasteiger partial charge in [0.2, 0.25) is 0 Å². The molecule has 0 aliphatic heterocycles. The first kappa shape index (κ1) is 15.7. The summed E-state index contributed by atoms with van der Waals surface area (Å²) in [4.78, 5) is 3.57. The third kappa shape index (κ3) is 3.51. The van der Waals surface area contributed by atoms with Crippen LogP contribution in [0.3, 0.4) is 0 Å². The van der Waals surface area contributed by atoms with Crippen LogP contribution in [0.2, 0.25) is 0 Å². The summed E-state index contributed by atoms with van der Waals surface area (Å²) in [7, 11) is 1.49. The van der Waals surface area contributed by atoms with Crippen LogP contribution >= 0.6 is 11.3 Å². The average molecular weight is 309 g/mol. The van der Waals surface area contributed by atoms with E-state index in [1.807, 2.05) is 0 Å². The molecule has 114 valence electrons. The van der Waals surface area contributed by atoms with E-state index in [1.54, 1.807) is 0 Å². The highest BCUT2D eigenvalue weighted by Crippen LogP contribution is 2.38. The highest BCUT2D eigenvalue weighted by Gasteiger charge is 2.37. The maximum atomic E-state index is 12.5. The molecular weight excluding hydrogens is 291 g/mol. The second-order valence-corrected chi connectivity index (χ2v) is 6.17. The van der Waals surface area contributed by atoms with Gasteiger partial charge in [-0.25, -0.2) is 4.98 Å². The first-order valence-electron chi connectivity index (χ1n) is 6.67. The van der Waals surface area contributed by atoms with E-state index in [-0.39, 0.29) is 10.8 Å². The molecule has 20 heavy (non-hydrogen) atoms. The summed E-state index contributed by atoms with van der Waals surface area (Å²) in [5.41, 5.74) is 0. The fourth-order valence-electron chi connectivity index (χ4n) is 2.76. The highest BCUT2D eigenvalue weighted by molar-refractivity contribution is 7.11. The highest BCUT2D eigenvalue weighted by atomic mass is 32.1. The number of nitrogens with zero attached hydrogens (tertiary/aromatic N) is 1. The fourth-order valence-corrected chi connectivity index (χ4v) is 3.56. The molecule has 1 saturated carbocycles. The summed E-state index contributed by atoms with van der Waals surface area (Å²) < 4.78 is 43.0. The van der Waals surface area contributed by atoms with E-state index in [0.717, 1.165) is 31.9 Å². The number of rotatable bonds is 4. The van der Waals surface area contributed by atoms with E-state index in [1.165, 1.54) is 13.5 Å². The Morgan fingerprint density at radius 2 is 2.00 bits per heavy atom. The lowest BCUT2D eigenvalue weighted by molar-refractivity contribution is -0.137. The lowest BCUT2D eigenvalue weighted by Gasteiger charge is -2.31. The van der Waals surface area contributed by atoms with E-state index in [9.17, 15) is 18.3 Å². The zero-order chi connectivity index (χ0) is 14.8. The Balaban J connectivity index is 2.11. The molecule has 0 saturated heterocycles. The van der Waals surface area contributed by atoms with Gasteiger partial charge >= 0.3 is 6.18 Å². The smallest absolute Gasteiger partial charge is 0.385 e. The molecule has 1 aliphatic carbocycles. The van der Waals surface area contributed by atoms with E-state index in [2.05, 4.69) is 4.98 Å². The Bertz CT molecular complexity index is 429. The van der Waals surface area contributed by atoms with Gasteiger partial charge < -0.3 is 9.84 Å². The predicted molar refractivity (Wildman–Crippen MR) is 69.4 cm³/mol. The molecule has 1 aromatic heterocycles. The topological polar surface area (TPSA) is 42.4 Å². The molecule has 2 atom stereocenters. The SMILES string of the molecule is COC(C1CCCCC1)C(O)c1cnc(C(F)(F)F)s1. The van der Waals surface area contributed by atoms with Crippen LogP contribution in [0.5, 0.6) is 0 Å². The number of halogens is 3. The molecule has 1 fully saturated rings. The van der Waals surface area contributed by atoms with Gasteiger partial charge in [-0.3, -0.25) is 0 Å². The van der Waals surface area contributed by atoms with Gasteiger partial charge in [-0.1, -0.05) is 19.3 Å². The van der Waals surface area contributed by atoms with Gasteiger partial charge in [0.1, 0.15) is 6.10 Å². The van der Waals surface area contributed by atoms with Crippen LogP contribution in [0.1, 0.15) is 48.1 Å². The minimum atomic E-state index is -4.46. The number of hydrogen-bond acceptors (Lipinski definition) is 4. The van der Waals surface area contributed by atoms with E-state index in [4.69, 9.17) is 4.74 Å². The van der Waals surface area contributed by atoms with Gasteiger partial charge in [-0.05, 0) is 18.8 Å². The fraction of sp³-hybridized carbons (Fsp3) is 0.769. The van der Waals surface area contributed by atoms with Crippen LogP contribution in [0.25, 0.3) is 0 Å². The van der Waals surface area contributed by atoms with E-state index >= 15 is 0 Å². The van der Waals surface area contributed by atoms with Crippen LogP contribution in [0.15, 0.2) is 6.20 Å². The summed E-state index contributed by atoms with van der Waals surface area (Å²) in [6.07, 6.45) is 0.349. The number of aliphatic hydroxyl groups excluding tert-OH is 1. The molecule has 0 amide bonds. The molecule has 0 spiro atoms. The second kappa shape index (κ2) is 6.41. The maximum Gasteiger partial charge on any atom is 0.443 e. The van der Waals surface area contributed by atoms with Crippen molar-refractivity contribution in [3.05, 3.63) is 16.1 Å². The molecule has 1 N–H and O–H groups in total. The predicted octanol–water partition coefficient (Wildman–Crippen LogP) is 3.79. The second-order valence-electron chi connectivity index (χ2n) is 5.11. The Hall–Kier alpha value is -0.660. The van der Waals surface area contributed by atoms with Crippen molar-refractivity contribution >= 4 is 11.3 Å². The third-order valence-corrected chi connectivity index (χ3v) is 4.87. The molecule has 7 heteroatoms. The largest absolute Gasteiger partial charge is 0.443 e. The van der Waals surface area contributed by atoms with Crippen LogP contribution < -0.4 is 0 Å². The minimum absolute atomic E-state index is 0.195. The van der Waals surface area contributed by atoms with Gasteiger partial charge in [0, 0.05) is 13.3 Å². The number of hydrogen-bond donors (Lipinski definition) is 1. The van der Waals surface area contributed by atoms with Crippen molar-refractivity contribution < 1.29 is 23.0 Å². The molecule has 1 heterocycles. The summed E-state index contributed by atoms with van der Waals surface area (Å²) >= 11 is 0.490. The number of alkyl halides is 3. The summed E-state index contributed by atoms with van der Waals surface area (Å²) in [5.74, 6) is 0.195. The monoisotopic (exact) mass is 309 g/mol. The van der Waals surface area contributed by atoms with Crippen molar-refractivity contribution in [3.63, 3.8) is 0 Å². The van der Waals surface area contributed by atoms with Crippen molar-refractivity contribution in [1.29, 1.82) is 0 Å². The lowest BCUT2D eigenvalue weighted by Crippen LogP contribution is -2.31. The first-order chi connectivity index (χ1) is 9.43. The minimum Gasteiger partial charge on any atom is -0.385 e. The number of aromatic nitrogens is 1. The van der Waals surface area contributed by atoms with E-state index in [0.29, 0.717) is 11.3 Å². The number of methoxy groups -OCH3 is 1. The molecular formula is C13H18F3NO2S. The number of ether oxygens (including phenoxy) is 1. The van der Waals surface area contributed by atoms with E-state index < -0.39 is 23.4 Å². The van der Waals surface area contributed by atoms with Crippen LogP contribution in [0, 0.1) is 5.92 Å². The van der Waals surface area contributed by atoms with Crippen LogP contribution in [-0.2, 0) is 10.9 Å². The first-order valence-corrected chi connectivity index (χ1v) is 7.49. The Morgan fingerprint density at radius 1 is 1.35 bits per heavy atom. The molecule has 1 aliphatic rings. The summed E-state index contributed by atoms with van der Waals surface area (Å²) in [5, 5.41) is 9.36. The lowest BCUT2D eigenvalue weighted by atomic mass is 9.83. The van der Waals surface area contributed by atoms with Crippen molar-refractivity contribution in [2.45, 2.75) is 50.5 Å². The molecule has 3 nitrogen and oxygen atoms in total. The van der Waals surface area contributed by atoms with Crippen LogP contribution in [-0.4, -0.2) is 23.3 Å². The number of thiazole rings is 1. The van der Waals surface area contributed by atoms with Crippen molar-refractivity contribution in [1.82, 2.24) is 4.98 Å². The Labute approximate surface area is 119 Å². The van der Waals surface area contributed by atoms with Crippen molar-refractivity contribution in [2.24, 2.45) is 5.92 Å². The standard InChI is InChI=1S/C13H18F3NO2S/c1-19-11(8-5-3-2-4-6-8)10(18)9-7-17-12(20-9)13(14,15)16/h7-8,10-11,18H,2-6H2,1H3. The third-order valence-electron chi connectivity index (χ3n) is 3.76. The quantitative estimate of drug-likeness (QED) is 0.920. The Kier molecular flexibility index (Phi) is 5.04. The molecule has 0 aromatic carbocycles. The average Bonchev–Trinajstić information content (AvgIpc) is 2.90. The van der Waals surface area contributed by atoms with Crippen LogP contribution in [0.4, 0.5) is 13.2 Å². The zero-order valence-electron chi connectivity index (χ0n) is 11.2. The van der Waals surface area contributed by atoms with Gasteiger partial charge in [-0.2, -0.15) is 13.2 Å². The number of aliphatic hydroxyl groups is 1. The molecule has 2 unspecified atom stereocenters. The van der Waals surface area contributed by atoms with Gasteiger partial charge in [-0.15, -0.1) is 11.3 Å². The molecule has 0 bridgehead atoms. The van der Waals surface area contributed by atoms with Gasteiger partial charge in [0.15, 0.2) is 5.01 Å². The molecule has 1 aromatic rings. The van der Waals surface area contributed by atoms with Gasteiger partial charge in [0.25, 0.3) is 0 Å². The maximum absolute atomic E-state index is 12.5. The summed E-state index contributed by atoms with van der Waals surface area (Å²) in [6.45, 7) is 0. The summed E-state index contributed by atoms with van der Waals surface area (Å²) in [6, 6.07) is 0.